The van der Waals surface area contributed by atoms with Gasteiger partial charge < -0.3 is 14.7 Å². The zero-order valence-corrected chi connectivity index (χ0v) is 21.2. The normalized spacial score (nSPS) is 12.2. The summed E-state index contributed by atoms with van der Waals surface area (Å²) in [6, 6.07) is 19.1. The van der Waals surface area contributed by atoms with Crippen LogP contribution in [0.25, 0.3) is 50.4 Å². The number of benzene rings is 3. The van der Waals surface area contributed by atoms with E-state index in [2.05, 4.69) is 125 Å². The van der Waals surface area contributed by atoms with Crippen molar-refractivity contribution in [2.75, 3.05) is 57.0 Å². The number of aromatic nitrogens is 6. The Labute approximate surface area is 207 Å². The first-order chi connectivity index (χ1) is 17.3. The molecule has 36 heavy (non-hydrogen) atoms. The topological polar surface area (TPSA) is 61.6 Å². The fourth-order valence-corrected chi connectivity index (χ4v) is 5.03. The van der Waals surface area contributed by atoms with Crippen LogP contribution >= 0.6 is 0 Å². The fourth-order valence-electron chi connectivity index (χ4n) is 5.03. The van der Waals surface area contributed by atoms with Gasteiger partial charge in [0.05, 0.1) is 33.1 Å². The van der Waals surface area contributed by atoms with Gasteiger partial charge in [-0.1, -0.05) is 0 Å². The van der Waals surface area contributed by atoms with Gasteiger partial charge in [-0.05, 0) is 54.6 Å². The van der Waals surface area contributed by atoms with Crippen LogP contribution < -0.4 is 14.7 Å². The van der Waals surface area contributed by atoms with Crippen molar-refractivity contribution in [1.82, 2.24) is 28.2 Å². The second-order valence-corrected chi connectivity index (χ2v) is 9.94. The Bertz CT molecular complexity index is 1730. The Morgan fingerprint density at radius 3 is 0.972 bits per heavy atom. The van der Waals surface area contributed by atoms with Crippen LogP contribution in [0.15, 0.2) is 54.6 Å². The van der Waals surface area contributed by atoms with Crippen LogP contribution in [0.1, 0.15) is 0 Å². The van der Waals surface area contributed by atoms with Crippen LogP contribution in [0.4, 0.5) is 17.1 Å². The van der Waals surface area contributed by atoms with E-state index in [1.54, 1.807) is 0 Å². The minimum Gasteiger partial charge on any atom is -0.378 e. The molecule has 0 spiro atoms. The molecular formula is C27H27N9. The van der Waals surface area contributed by atoms with Crippen molar-refractivity contribution in [3.8, 4) is 0 Å². The Balaban J connectivity index is 1.77. The van der Waals surface area contributed by atoms with Crippen LogP contribution in [0, 0.1) is 0 Å². The molecule has 4 heterocycles. The Morgan fingerprint density at radius 1 is 0.444 bits per heavy atom. The highest BCUT2D eigenvalue weighted by Gasteiger charge is 2.21. The van der Waals surface area contributed by atoms with E-state index in [-0.39, 0.29) is 0 Å². The monoisotopic (exact) mass is 477 g/mol. The zero-order valence-electron chi connectivity index (χ0n) is 21.2. The van der Waals surface area contributed by atoms with Crippen LogP contribution in [-0.4, -0.2) is 70.4 Å². The molecular weight excluding hydrogens is 450 g/mol. The minimum absolute atomic E-state index is 0.796. The lowest BCUT2D eigenvalue weighted by atomic mass is 10.2. The van der Waals surface area contributed by atoms with Gasteiger partial charge in [-0.3, -0.25) is 0 Å². The SMILES string of the molecule is CN(C)c1ccc2nc3n(c2c1)c1nc2ccc(N(C)C)cc2n1c1nc2ccc(N(C)C)cc2n31. The number of nitrogens with zero attached hydrogens (tertiary/aromatic N) is 9. The Kier molecular flexibility index (Phi) is 4.05. The van der Waals surface area contributed by atoms with E-state index in [4.69, 9.17) is 15.0 Å². The highest BCUT2D eigenvalue weighted by molar-refractivity contribution is 5.93. The van der Waals surface area contributed by atoms with Crippen molar-refractivity contribution in [3.63, 3.8) is 0 Å². The molecule has 0 atom stereocenters. The zero-order chi connectivity index (χ0) is 24.9. The maximum absolute atomic E-state index is 5.10. The molecule has 180 valence electrons. The molecule has 0 saturated heterocycles. The maximum Gasteiger partial charge on any atom is 0.225 e. The molecule has 9 heteroatoms. The number of anilines is 3. The van der Waals surface area contributed by atoms with Gasteiger partial charge >= 0.3 is 0 Å². The fraction of sp³-hybridized carbons (Fsp3) is 0.222. The predicted molar refractivity (Wildman–Crippen MR) is 148 cm³/mol. The maximum atomic E-state index is 5.10. The van der Waals surface area contributed by atoms with Crippen molar-refractivity contribution in [1.29, 1.82) is 0 Å². The molecule has 7 rings (SSSR count). The predicted octanol–water partition coefficient (Wildman–Crippen LogP) is 4.29. The standard InChI is InChI=1S/C27H27N9/c1-31(2)16-7-10-19-22(13-16)34-25(28-19)35-24-15-18(33(5)6)9-12-21(24)30-27(35)36-23-14-17(32(3)4)8-11-20(23)29-26(34)36/h7-15H,1-6H3. The van der Waals surface area contributed by atoms with E-state index in [0.29, 0.717) is 0 Å². The summed E-state index contributed by atoms with van der Waals surface area (Å²) >= 11 is 0. The van der Waals surface area contributed by atoms with Crippen LogP contribution in [0.5, 0.6) is 0 Å². The summed E-state index contributed by atoms with van der Waals surface area (Å²) in [6.07, 6.45) is 0. The Morgan fingerprint density at radius 2 is 0.722 bits per heavy atom. The third-order valence-electron chi connectivity index (χ3n) is 7.01. The summed E-state index contributed by atoms with van der Waals surface area (Å²) in [7, 11) is 12.3. The average Bonchev–Trinajstić information content (AvgIpc) is 3.52. The van der Waals surface area contributed by atoms with Crippen molar-refractivity contribution in [2.24, 2.45) is 0 Å². The second kappa shape index (κ2) is 7.00. The molecule has 0 unspecified atom stereocenters. The highest BCUT2D eigenvalue weighted by atomic mass is 15.3. The number of imidazole rings is 3. The first-order valence-corrected chi connectivity index (χ1v) is 11.9. The molecule has 0 aliphatic rings. The average molecular weight is 478 g/mol. The first kappa shape index (κ1) is 20.8. The van der Waals surface area contributed by atoms with E-state index < -0.39 is 0 Å². The second-order valence-electron chi connectivity index (χ2n) is 9.94. The molecule has 9 nitrogen and oxygen atoms in total. The smallest absolute Gasteiger partial charge is 0.225 e. The molecule has 0 aliphatic carbocycles. The van der Waals surface area contributed by atoms with E-state index in [0.717, 1.165) is 67.5 Å². The van der Waals surface area contributed by atoms with Crippen molar-refractivity contribution in [3.05, 3.63) is 54.6 Å². The molecule has 7 aromatic rings. The lowest BCUT2D eigenvalue weighted by molar-refractivity contribution is 1.01. The first-order valence-electron chi connectivity index (χ1n) is 11.9. The van der Waals surface area contributed by atoms with Gasteiger partial charge in [0.2, 0.25) is 17.3 Å². The summed E-state index contributed by atoms with van der Waals surface area (Å²) in [5.74, 6) is 2.39. The van der Waals surface area contributed by atoms with Gasteiger partial charge in [-0.15, -0.1) is 0 Å². The number of hydrogen-bond donors (Lipinski definition) is 0. The molecule has 0 saturated carbocycles. The largest absolute Gasteiger partial charge is 0.378 e. The molecule has 0 radical (unpaired) electrons. The van der Waals surface area contributed by atoms with E-state index in [9.17, 15) is 0 Å². The third kappa shape index (κ3) is 2.68. The van der Waals surface area contributed by atoms with Gasteiger partial charge in [-0.25, -0.2) is 28.2 Å². The minimum atomic E-state index is 0.796. The molecule has 3 aromatic carbocycles. The third-order valence-corrected chi connectivity index (χ3v) is 7.01. The van der Waals surface area contributed by atoms with Gasteiger partial charge in [0.1, 0.15) is 0 Å². The number of fused-ring (bicyclic) bond motifs is 12. The summed E-state index contributed by atoms with van der Waals surface area (Å²) in [4.78, 5) is 21.6. The molecule has 4 aromatic heterocycles. The summed E-state index contributed by atoms with van der Waals surface area (Å²) in [5, 5.41) is 0. The van der Waals surface area contributed by atoms with Crippen LogP contribution in [-0.2, 0) is 0 Å². The van der Waals surface area contributed by atoms with Crippen molar-refractivity contribution < 1.29 is 0 Å². The van der Waals surface area contributed by atoms with Gasteiger partial charge in [0.15, 0.2) is 0 Å². The summed E-state index contributed by atoms with van der Waals surface area (Å²) in [5.41, 5.74) is 9.12. The van der Waals surface area contributed by atoms with E-state index >= 15 is 0 Å². The highest BCUT2D eigenvalue weighted by Crippen LogP contribution is 2.32. The van der Waals surface area contributed by atoms with Crippen LogP contribution in [0.3, 0.4) is 0 Å². The lowest BCUT2D eigenvalue weighted by Crippen LogP contribution is -2.09. The summed E-state index contributed by atoms with van der Waals surface area (Å²) in [6.45, 7) is 0. The molecule has 0 amide bonds. The molecule has 0 aliphatic heterocycles. The summed E-state index contributed by atoms with van der Waals surface area (Å²) < 4.78 is 6.48. The van der Waals surface area contributed by atoms with Gasteiger partial charge in [0, 0.05) is 59.3 Å². The molecule has 0 bridgehead atoms. The molecule has 0 N–H and O–H groups in total. The van der Waals surface area contributed by atoms with E-state index in [1.165, 1.54) is 0 Å². The quantitative estimate of drug-likeness (QED) is 0.378. The van der Waals surface area contributed by atoms with Crippen molar-refractivity contribution >= 4 is 67.5 Å². The lowest BCUT2D eigenvalue weighted by Gasteiger charge is -2.13. The van der Waals surface area contributed by atoms with E-state index in [1.807, 2.05) is 0 Å². The Hall–Kier alpha value is -4.53. The van der Waals surface area contributed by atoms with Crippen LogP contribution in [0.2, 0.25) is 0 Å². The van der Waals surface area contributed by atoms with Crippen molar-refractivity contribution in [2.45, 2.75) is 0 Å². The number of hydrogen-bond acceptors (Lipinski definition) is 6. The van der Waals surface area contributed by atoms with Gasteiger partial charge in [-0.2, -0.15) is 0 Å². The molecule has 0 fully saturated rings. The number of rotatable bonds is 3. The van der Waals surface area contributed by atoms with Gasteiger partial charge in [0.25, 0.3) is 0 Å².